The molecule has 3 unspecified atom stereocenters. The Bertz CT molecular complexity index is 259. The largest absolute Gasteiger partial charge is 0.328 e. The molecular weight excluding hydrogens is 186 g/mol. The van der Waals surface area contributed by atoms with Crippen molar-refractivity contribution in [3.05, 3.63) is 0 Å². The normalized spacial score (nSPS) is 32.8. The molecule has 3 atom stereocenters. The second kappa shape index (κ2) is 3.96. The van der Waals surface area contributed by atoms with Crippen LogP contribution in [-0.2, 0) is 9.84 Å². The molecule has 0 aliphatic heterocycles. The molecule has 78 valence electrons. The molecule has 0 spiro atoms. The lowest BCUT2D eigenvalue weighted by molar-refractivity contribution is 0.317. The van der Waals surface area contributed by atoms with Crippen LogP contribution in [0.25, 0.3) is 0 Å². The lowest BCUT2D eigenvalue weighted by Gasteiger charge is -2.30. The zero-order valence-corrected chi connectivity index (χ0v) is 9.18. The Labute approximate surface area is 80.6 Å². The third kappa shape index (κ3) is 2.95. The van der Waals surface area contributed by atoms with Gasteiger partial charge in [-0.25, -0.2) is 8.42 Å². The summed E-state index contributed by atoms with van der Waals surface area (Å²) in [5.74, 6) is 0.397. The second-order valence-corrected chi connectivity index (χ2v) is 6.56. The van der Waals surface area contributed by atoms with E-state index in [9.17, 15) is 8.42 Å². The molecule has 0 aromatic heterocycles. The summed E-state index contributed by atoms with van der Waals surface area (Å²) in [5.41, 5.74) is 5.78. The number of hydrogen-bond acceptors (Lipinski definition) is 3. The van der Waals surface area contributed by atoms with Crippen molar-refractivity contribution in [2.45, 2.75) is 43.9 Å². The average Bonchev–Trinajstić information content (AvgIpc) is 2.03. The molecule has 13 heavy (non-hydrogen) atoms. The number of rotatable bonds is 2. The highest BCUT2D eigenvalue weighted by atomic mass is 32.2. The van der Waals surface area contributed by atoms with Gasteiger partial charge in [0.05, 0.1) is 5.25 Å². The molecule has 1 saturated carbocycles. The van der Waals surface area contributed by atoms with Gasteiger partial charge in [-0.1, -0.05) is 6.42 Å². The van der Waals surface area contributed by atoms with Gasteiger partial charge in [0, 0.05) is 12.3 Å². The van der Waals surface area contributed by atoms with Crippen molar-refractivity contribution in [3.8, 4) is 0 Å². The zero-order chi connectivity index (χ0) is 10.1. The smallest absolute Gasteiger partial charge is 0.150 e. The molecule has 0 heterocycles. The summed E-state index contributed by atoms with van der Waals surface area (Å²) in [4.78, 5) is 0. The molecule has 0 saturated heterocycles. The Kier molecular flexibility index (Phi) is 3.35. The van der Waals surface area contributed by atoms with E-state index >= 15 is 0 Å². The van der Waals surface area contributed by atoms with Crippen molar-refractivity contribution in [2.75, 3.05) is 6.26 Å². The van der Waals surface area contributed by atoms with Gasteiger partial charge in [-0.05, 0) is 32.1 Å². The van der Waals surface area contributed by atoms with Crippen molar-refractivity contribution in [3.63, 3.8) is 0 Å². The predicted molar refractivity (Wildman–Crippen MR) is 54.2 cm³/mol. The van der Waals surface area contributed by atoms with Crippen LogP contribution in [-0.4, -0.2) is 26.0 Å². The van der Waals surface area contributed by atoms with Gasteiger partial charge in [-0.2, -0.15) is 0 Å². The van der Waals surface area contributed by atoms with Gasteiger partial charge in [0.1, 0.15) is 9.84 Å². The lowest BCUT2D eigenvalue weighted by atomic mass is 9.85. The fourth-order valence-corrected chi connectivity index (χ4v) is 3.24. The van der Waals surface area contributed by atoms with Gasteiger partial charge in [0.2, 0.25) is 0 Å². The van der Waals surface area contributed by atoms with Crippen LogP contribution in [0.5, 0.6) is 0 Å². The molecule has 2 N–H and O–H groups in total. The van der Waals surface area contributed by atoms with Crippen molar-refractivity contribution in [2.24, 2.45) is 11.7 Å². The van der Waals surface area contributed by atoms with E-state index in [1.54, 1.807) is 0 Å². The molecule has 1 aliphatic rings. The third-order valence-corrected chi connectivity index (χ3v) is 4.65. The maximum absolute atomic E-state index is 11.3. The van der Waals surface area contributed by atoms with Crippen LogP contribution in [0.15, 0.2) is 0 Å². The van der Waals surface area contributed by atoms with Crippen LogP contribution in [0.2, 0.25) is 0 Å². The maximum atomic E-state index is 11.3. The number of sulfone groups is 1. The Morgan fingerprint density at radius 1 is 1.38 bits per heavy atom. The minimum absolute atomic E-state index is 0.129. The van der Waals surface area contributed by atoms with Crippen LogP contribution in [0.4, 0.5) is 0 Å². The van der Waals surface area contributed by atoms with Crippen LogP contribution in [0, 0.1) is 5.92 Å². The molecule has 0 aromatic carbocycles. The van der Waals surface area contributed by atoms with E-state index in [0.717, 1.165) is 25.7 Å². The predicted octanol–water partition coefficient (Wildman–Crippen LogP) is 0.937. The third-order valence-electron chi connectivity index (χ3n) is 3.02. The molecule has 1 rings (SSSR count). The Balaban J connectivity index is 2.62. The maximum Gasteiger partial charge on any atom is 0.150 e. The van der Waals surface area contributed by atoms with Crippen LogP contribution < -0.4 is 5.73 Å². The summed E-state index contributed by atoms with van der Waals surface area (Å²) < 4.78 is 22.6. The molecule has 0 aromatic rings. The fourth-order valence-electron chi connectivity index (χ4n) is 2.05. The molecule has 0 bridgehead atoms. The summed E-state index contributed by atoms with van der Waals surface area (Å²) >= 11 is 0. The van der Waals surface area contributed by atoms with Crippen LogP contribution in [0.3, 0.4) is 0 Å². The highest BCUT2D eigenvalue weighted by Crippen LogP contribution is 2.29. The highest BCUT2D eigenvalue weighted by Gasteiger charge is 2.30. The second-order valence-electron chi connectivity index (χ2n) is 4.24. The van der Waals surface area contributed by atoms with E-state index in [1.807, 2.05) is 6.92 Å². The molecule has 3 nitrogen and oxygen atoms in total. The van der Waals surface area contributed by atoms with Gasteiger partial charge < -0.3 is 5.73 Å². The van der Waals surface area contributed by atoms with Gasteiger partial charge >= 0.3 is 0 Å². The summed E-state index contributed by atoms with van der Waals surface area (Å²) in [6.45, 7) is 1.97. The first-order valence-electron chi connectivity index (χ1n) is 4.85. The van der Waals surface area contributed by atoms with Gasteiger partial charge in [-0.3, -0.25) is 0 Å². The van der Waals surface area contributed by atoms with E-state index in [0.29, 0.717) is 5.92 Å². The molecule has 4 heteroatoms. The molecule has 0 amide bonds. The van der Waals surface area contributed by atoms with Crippen LogP contribution >= 0.6 is 0 Å². The monoisotopic (exact) mass is 205 g/mol. The molecule has 1 aliphatic carbocycles. The summed E-state index contributed by atoms with van der Waals surface area (Å²) in [7, 11) is -2.85. The summed E-state index contributed by atoms with van der Waals surface area (Å²) in [6.07, 6.45) is 5.01. The van der Waals surface area contributed by atoms with Crippen LogP contribution in [0.1, 0.15) is 32.6 Å². The molecule has 0 radical (unpaired) electrons. The number of hydrogen-bond donors (Lipinski definition) is 1. The Morgan fingerprint density at radius 3 is 2.46 bits per heavy atom. The topological polar surface area (TPSA) is 60.2 Å². The van der Waals surface area contributed by atoms with E-state index in [-0.39, 0.29) is 11.3 Å². The summed E-state index contributed by atoms with van der Waals surface area (Å²) in [5, 5.41) is -0.141. The minimum atomic E-state index is -2.85. The molecule has 1 fully saturated rings. The first kappa shape index (κ1) is 11.0. The van der Waals surface area contributed by atoms with E-state index in [1.165, 1.54) is 6.26 Å². The quantitative estimate of drug-likeness (QED) is 0.729. The van der Waals surface area contributed by atoms with Crippen molar-refractivity contribution < 1.29 is 8.42 Å². The van der Waals surface area contributed by atoms with E-state index < -0.39 is 9.84 Å². The minimum Gasteiger partial charge on any atom is -0.328 e. The van der Waals surface area contributed by atoms with E-state index in [4.69, 9.17) is 5.73 Å². The van der Waals surface area contributed by atoms with Crippen molar-refractivity contribution in [1.29, 1.82) is 0 Å². The van der Waals surface area contributed by atoms with Crippen molar-refractivity contribution in [1.82, 2.24) is 0 Å². The molecular formula is C9H19NO2S. The standard InChI is InChI=1S/C9H19NO2S/c1-7(10)8-4-3-5-9(6-8)13(2,11)12/h7-9H,3-6,10H2,1-2H3. The zero-order valence-electron chi connectivity index (χ0n) is 8.36. The van der Waals surface area contributed by atoms with Gasteiger partial charge in [-0.15, -0.1) is 0 Å². The summed E-state index contributed by atoms with van der Waals surface area (Å²) in [6, 6.07) is 0.129. The van der Waals surface area contributed by atoms with Gasteiger partial charge in [0.15, 0.2) is 0 Å². The first-order chi connectivity index (χ1) is 5.91. The lowest BCUT2D eigenvalue weighted by Crippen LogP contribution is -2.35. The Hall–Kier alpha value is -0.0900. The first-order valence-corrected chi connectivity index (χ1v) is 6.81. The number of nitrogens with two attached hydrogens (primary N) is 1. The highest BCUT2D eigenvalue weighted by molar-refractivity contribution is 7.91. The average molecular weight is 205 g/mol. The fraction of sp³-hybridized carbons (Fsp3) is 1.00. The Morgan fingerprint density at radius 2 is 2.00 bits per heavy atom. The van der Waals surface area contributed by atoms with Crippen molar-refractivity contribution >= 4 is 9.84 Å². The SMILES string of the molecule is CC(N)C1CCCC(S(C)(=O)=O)C1. The van der Waals surface area contributed by atoms with E-state index in [2.05, 4.69) is 0 Å². The van der Waals surface area contributed by atoms with Gasteiger partial charge in [0.25, 0.3) is 0 Å².